The fraction of sp³-hybridized carbons (Fsp3) is 0.409. The molecule has 1 atom stereocenters. The van der Waals surface area contributed by atoms with Gasteiger partial charge in [-0.1, -0.05) is 22.0 Å². The average molecular weight is 445 g/mol. The van der Waals surface area contributed by atoms with Gasteiger partial charge in [-0.05, 0) is 67.8 Å². The normalized spacial score (nSPS) is 19.3. The van der Waals surface area contributed by atoms with Crippen LogP contribution in [0.1, 0.15) is 36.4 Å². The molecule has 0 bridgehead atoms. The Kier molecular flexibility index (Phi) is 5.87. The third kappa shape index (κ3) is 4.33. The summed E-state index contributed by atoms with van der Waals surface area (Å²) in [6.45, 7) is 4.68. The maximum absolute atomic E-state index is 12.7. The van der Waals surface area contributed by atoms with Gasteiger partial charge in [0.05, 0.1) is 19.8 Å². The van der Waals surface area contributed by atoms with E-state index in [1.807, 2.05) is 31.2 Å². The van der Waals surface area contributed by atoms with Gasteiger partial charge in [0.15, 0.2) is 11.5 Å². The predicted molar refractivity (Wildman–Crippen MR) is 113 cm³/mol. The zero-order valence-corrected chi connectivity index (χ0v) is 17.6. The molecule has 0 radical (unpaired) electrons. The number of benzene rings is 2. The van der Waals surface area contributed by atoms with Gasteiger partial charge < -0.3 is 14.8 Å². The Hall–Kier alpha value is -2.05. The van der Waals surface area contributed by atoms with Gasteiger partial charge in [-0.25, -0.2) is 0 Å². The van der Waals surface area contributed by atoms with Crippen LogP contribution in [0.5, 0.6) is 11.5 Å². The first kappa shape index (κ1) is 19.3. The van der Waals surface area contributed by atoms with Gasteiger partial charge in [-0.3, -0.25) is 9.69 Å². The van der Waals surface area contributed by atoms with Crippen LogP contribution in [-0.2, 0) is 4.79 Å². The Balaban J connectivity index is 1.45. The van der Waals surface area contributed by atoms with Crippen LogP contribution in [0.25, 0.3) is 0 Å². The number of aryl methyl sites for hydroxylation is 1. The molecule has 0 aromatic heterocycles. The Morgan fingerprint density at radius 1 is 1.14 bits per heavy atom. The number of carbonyl (C=O) groups is 1. The van der Waals surface area contributed by atoms with Crippen molar-refractivity contribution < 1.29 is 14.3 Å². The highest BCUT2D eigenvalue weighted by atomic mass is 79.9. The van der Waals surface area contributed by atoms with Crippen molar-refractivity contribution in [2.45, 2.75) is 32.2 Å². The molecule has 2 heterocycles. The number of anilines is 1. The summed E-state index contributed by atoms with van der Waals surface area (Å²) < 4.78 is 12.6. The summed E-state index contributed by atoms with van der Waals surface area (Å²) in [4.78, 5) is 14.9. The lowest BCUT2D eigenvalue weighted by molar-refractivity contribution is -0.117. The van der Waals surface area contributed by atoms with Crippen LogP contribution in [0.3, 0.4) is 0 Å². The minimum Gasteiger partial charge on any atom is -0.490 e. The zero-order chi connectivity index (χ0) is 19.5. The van der Waals surface area contributed by atoms with Crippen LogP contribution in [-0.4, -0.2) is 37.1 Å². The molecule has 0 spiro atoms. The van der Waals surface area contributed by atoms with Gasteiger partial charge in [0.1, 0.15) is 0 Å². The SMILES string of the molecule is Cc1cc(Br)ccc1NC(=O)CN1CCCC1c1ccc2c(c1)OCCCO2. The molecule has 2 aliphatic heterocycles. The van der Waals surface area contributed by atoms with E-state index in [9.17, 15) is 4.79 Å². The molecule has 5 nitrogen and oxygen atoms in total. The van der Waals surface area contributed by atoms with Crippen molar-refractivity contribution in [3.63, 3.8) is 0 Å². The van der Waals surface area contributed by atoms with Crippen molar-refractivity contribution in [3.05, 3.63) is 52.0 Å². The van der Waals surface area contributed by atoms with Crippen molar-refractivity contribution >= 4 is 27.5 Å². The topological polar surface area (TPSA) is 50.8 Å². The number of amides is 1. The lowest BCUT2D eigenvalue weighted by Crippen LogP contribution is -2.33. The first-order valence-electron chi connectivity index (χ1n) is 9.80. The highest BCUT2D eigenvalue weighted by molar-refractivity contribution is 9.10. The van der Waals surface area contributed by atoms with Gasteiger partial charge >= 0.3 is 0 Å². The van der Waals surface area contributed by atoms with Crippen LogP contribution in [0, 0.1) is 6.92 Å². The third-order valence-electron chi connectivity index (χ3n) is 5.33. The summed E-state index contributed by atoms with van der Waals surface area (Å²) in [6.07, 6.45) is 3.03. The number of rotatable bonds is 4. The van der Waals surface area contributed by atoms with Crippen molar-refractivity contribution in [2.75, 3.05) is 31.6 Å². The quantitative estimate of drug-likeness (QED) is 0.742. The second kappa shape index (κ2) is 8.53. The Morgan fingerprint density at radius 2 is 1.96 bits per heavy atom. The molecule has 1 saturated heterocycles. The Morgan fingerprint density at radius 3 is 2.79 bits per heavy atom. The molecule has 6 heteroatoms. The lowest BCUT2D eigenvalue weighted by Gasteiger charge is -2.25. The summed E-state index contributed by atoms with van der Waals surface area (Å²) in [6, 6.07) is 12.3. The molecule has 2 aromatic carbocycles. The molecule has 4 rings (SSSR count). The van der Waals surface area contributed by atoms with Gasteiger partial charge in [0.25, 0.3) is 0 Å². The Labute approximate surface area is 174 Å². The second-order valence-electron chi connectivity index (χ2n) is 7.39. The summed E-state index contributed by atoms with van der Waals surface area (Å²) in [5.74, 6) is 1.65. The number of likely N-dealkylation sites (tertiary alicyclic amines) is 1. The maximum atomic E-state index is 12.7. The van der Waals surface area contributed by atoms with Crippen LogP contribution >= 0.6 is 15.9 Å². The molecule has 1 fully saturated rings. The number of carbonyl (C=O) groups excluding carboxylic acids is 1. The predicted octanol–water partition coefficient (Wildman–Crippen LogP) is 4.69. The summed E-state index contributed by atoms with van der Waals surface area (Å²) in [5.41, 5.74) is 3.09. The summed E-state index contributed by atoms with van der Waals surface area (Å²) >= 11 is 3.46. The van der Waals surface area contributed by atoms with Crippen molar-refractivity contribution in [1.82, 2.24) is 4.90 Å². The molecular weight excluding hydrogens is 420 g/mol. The van der Waals surface area contributed by atoms with Gasteiger partial charge in [0.2, 0.25) is 5.91 Å². The minimum atomic E-state index is 0.0201. The smallest absolute Gasteiger partial charge is 0.238 e. The largest absolute Gasteiger partial charge is 0.490 e. The van der Waals surface area contributed by atoms with E-state index < -0.39 is 0 Å². The monoisotopic (exact) mass is 444 g/mol. The van der Waals surface area contributed by atoms with E-state index in [0.29, 0.717) is 19.8 Å². The lowest BCUT2D eigenvalue weighted by atomic mass is 10.0. The fourth-order valence-electron chi connectivity index (χ4n) is 3.92. The van der Waals surface area contributed by atoms with Crippen LogP contribution in [0.15, 0.2) is 40.9 Å². The molecule has 1 amide bonds. The Bertz CT molecular complexity index is 871. The average Bonchev–Trinajstić information content (AvgIpc) is 2.99. The van der Waals surface area contributed by atoms with Crippen LogP contribution < -0.4 is 14.8 Å². The number of hydrogen-bond donors (Lipinski definition) is 1. The summed E-state index contributed by atoms with van der Waals surface area (Å²) in [5, 5.41) is 3.05. The van der Waals surface area contributed by atoms with E-state index in [0.717, 1.165) is 53.0 Å². The number of nitrogens with zero attached hydrogens (tertiary/aromatic N) is 1. The number of halogens is 1. The molecule has 2 aliphatic rings. The molecular formula is C22H25BrN2O3. The molecule has 1 N–H and O–H groups in total. The van der Waals surface area contributed by atoms with Crippen LogP contribution in [0.4, 0.5) is 5.69 Å². The molecule has 1 unspecified atom stereocenters. The highest BCUT2D eigenvalue weighted by Crippen LogP contribution is 2.37. The molecule has 0 saturated carbocycles. The number of nitrogens with one attached hydrogen (secondary N) is 1. The van der Waals surface area contributed by atoms with E-state index in [-0.39, 0.29) is 11.9 Å². The molecule has 2 aromatic rings. The van der Waals surface area contributed by atoms with Crippen molar-refractivity contribution in [2.24, 2.45) is 0 Å². The highest BCUT2D eigenvalue weighted by Gasteiger charge is 2.28. The molecule has 28 heavy (non-hydrogen) atoms. The second-order valence-corrected chi connectivity index (χ2v) is 8.31. The zero-order valence-electron chi connectivity index (χ0n) is 16.0. The van der Waals surface area contributed by atoms with E-state index in [4.69, 9.17) is 9.47 Å². The summed E-state index contributed by atoms with van der Waals surface area (Å²) in [7, 11) is 0. The van der Waals surface area contributed by atoms with E-state index in [1.54, 1.807) is 0 Å². The van der Waals surface area contributed by atoms with Gasteiger partial charge in [-0.15, -0.1) is 0 Å². The number of hydrogen-bond acceptors (Lipinski definition) is 4. The van der Waals surface area contributed by atoms with Crippen molar-refractivity contribution in [3.8, 4) is 11.5 Å². The fourth-order valence-corrected chi connectivity index (χ4v) is 4.40. The third-order valence-corrected chi connectivity index (χ3v) is 5.82. The van der Waals surface area contributed by atoms with Gasteiger partial charge in [-0.2, -0.15) is 0 Å². The first-order chi connectivity index (χ1) is 13.6. The van der Waals surface area contributed by atoms with Gasteiger partial charge in [0, 0.05) is 22.6 Å². The van der Waals surface area contributed by atoms with E-state index in [2.05, 4.69) is 38.3 Å². The standard InChI is InChI=1S/C22H25BrN2O3/c1-15-12-17(23)6-7-18(15)24-22(26)14-25-9-2-4-19(25)16-5-8-20-21(13-16)28-11-3-10-27-20/h5-8,12-13,19H,2-4,9-11,14H2,1H3,(H,24,26). The molecule has 148 valence electrons. The van der Waals surface area contributed by atoms with E-state index in [1.165, 1.54) is 5.56 Å². The van der Waals surface area contributed by atoms with Crippen molar-refractivity contribution in [1.29, 1.82) is 0 Å². The maximum Gasteiger partial charge on any atom is 0.238 e. The first-order valence-corrected chi connectivity index (χ1v) is 10.6. The number of fused-ring (bicyclic) bond motifs is 1. The minimum absolute atomic E-state index is 0.0201. The van der Waals surface area contributed by atoms with Crippen LogP contribution in [0.2, 0.25) is 0 Å². The van der Waals surface area contributed by atoms with E-state index >= 15 is 0 Å². The number of ether oxygens (including phenoxy) is 2. The molecule has 0 aliphatic carbocycles.